The number of nitrogen functional groups attached to an aromatic ring is 1. The number of rotatable bonds is 5. The maximum Gasteiger partial charge on any atom is 0.220 e. The standard InChI is InChI=1S/C17H18N4O3/c1-22-13-9-11-12(8-10-4-6-19-7-5-10)20-17(18)21-14(11)16(24-3)15(13)23-2/h4-7,9H,8H2,1-3H3,(H2,18,20,21). The van der Waals surface area contributed by atoms with Gasteiger partial charge in [0.05, 0.1) is 27.0 Å². The number of anilines is 1. The minimum absolute atomic E-state index is 0.178. The van der Waals surface area contributed by atoms with Crippen LogP contribution in [0.5, 0.6) is 17.2 Å². The number of fused-ring (bicyclic) bond motifs is 1. The van der Waals surface area contributed by atoms with Crippen LogP contribution in [0.3, 0.4) is 0 Å². The van der Waals surface area contributed by atoms with Gasteiger partial charge in [-0.3, -0.25) is 4.98 Å². The second-order valence-corrected chi connectivity index (χ2v) is 5.10. The van der Waals surface area contributed by atoms with Gasteiger partial charge in [0.15, 0.2) is 11.5 Å². The van der Waals surface area contributed by atoms with E-state index in [1.807, 2.05) is 18.2 Å². The molecule has 0 spiro atoms. The summed E-state index contributed by atoms with van der Waals surface area (Å²) in [5.41, 5.74) is 8.34. The summed E-state index contributed by atoms with van der Waals surface area (Å²) in [6.07, 6.45) is 4.07. The Bertz CT molecular complexity index is 869. The van der Waals surface area contributed by atoms with Crippen LogP contribution in [0.4, 0.5) is 5.95 Å². The number of hydrogen-bond acceptors (Lipinski definition) is 7. The Morgan fingerprint density at radius 2 is 1.67 bits per heavy atom. The van der Waals surface area contributed by atoms with Gasteiger partial charge in [-0.15, -0.1) is 0 Å². The SMILES string of the molecule is COc1cc2c(Cc3ccncc3)nc(N)nc2c(OC)c1OC. The third kappa shape index (κ3) is 2.76. The van der Waals surface area contributed by atoms with Crippen molar-refractivity contribution in [3.05, 3.63) is 41.9 Å². The highest BCUT2D eigenvalue weighted by Crippen LogP contribution is 2.43. The molecule has 0 fully saturated rings. The molecule has 0 radical (unpaired) electrons. The van der Waals surface area contributed by atoms with Gasteiger partial charge >= 0.3 is 0 Å². The number of benzene rings is 1. The van der Waals surface area contributed by atoms with Crippen molar-refractivity contribution in [3.8, 4) is 17.2 Å². The van der Waals surface area contributed by atoms with Crippen LogP contribution >= 0.6 is 0 Å². The molecule has 0 aliphatic heterocycles. The summed E-state index contributed by atoms with van der Waals surface area (Å²) in [5, 5.41) is 0.801. The third-order valence-corrected chi connectivity index (χ3v) is 3.71. The molecule has 7 heteroatoms. The Balaban J connectivity index is 2.26. The van der Waals surface area contributed by atoms with E-state index in [2.05, 4.69) is 15.0 Å². The first kappa shape index (κ1) is 15.8. The lowest BCUT2D eigenvalue weighted by Crippen LogP contribution is -2.04. The summed E-state index contributed by atoms with van der Waals surface area (Å²) in [7, 11) is 4.68. The normalized spacial score (nSPS) is 10.6. The van der Waals surface area contributed by atoms with Gasteiger partial charge in [0.25, 0.3) is 0 Å². The van der Waals surface area contributed by atoms with Crippen LogP contribution in [0.2, 0.25) is 0 Å². The van der Waals surface area contributed by atoms with E-state index >= 15 is 0 Å². The van der Waals surface area contributed by atoms with Crippen molar-refractivity contribution in [3.63, 3.8) is 0 Å². The molecule has 0 aliphatic rings. The Labute approximate surface area is 139 Å². The molecule has 0 aliphatic carbocycles. The monoisotopic (exact) mass is 326 g/mol. The van der Waals surface area contributed by atoms with Crippen LogP contribution in [0, 0.1) is 0 Å². The molecule has 0 atom stereocenters. The number of nitrogens with zero attached hydrogens (tertiary/aromatic N) is 3. The number of hydrogen-bond donors (Lipinski definition) is 1. The van der Waals surface area contributed by atoms with E-state index in [9.17, 15) is 0 Å². The van der Waals surface area contributed by atoms with Crippen molar-refractivity contribution in [2.45, 2.75) is 6.42 Å². The summed E-state index contributed by atoms with van der Waals surface area (Å²) in [5.74, 6) is 1.67. The van der Waals surface area contributed by atoms with E-state index in [4.69, 9.17) is 19.9 Å². The molecular weight excluding hydrogens is 308 g/mol. The fourth-order valence-corrected chi connectivity index (χ4v) is 2.64. The zero-order valence-electron chi connectivity index (χ0n) is 13.7. The van der Waals surface area contributed by atoms with Gasteiger partial charge in [-0.1, -0.05) is 0 Å². The van der Waals surface area contributed by atoms with Crippen molar-refractivity contribution in [1.82, 2.24) is 15.0 Å². The smallest absolute Gasteiger partial charge is 0.220 e. The summed E-state index contributed by atoms with van der Waals surface area (Å²) >= 11 is 0. The molecule has 2 heterocycles. The molecule has 2 N–H and O–H groups in total. The highest BCUT2D eigenvalue weighted by atomic mass is 16.5. The van der Waals surface area contributed by atoms with Crippen molar-refractivity contribution in [2.75, 3.05) is 27.1 Å². The number of nitrogens with two attached hydrogens (primary N) is 1. The van der Waals surface area contributed by atoms with Crippen molar-refractivity contribution >= 4 is 16.9 Å². The minimum atomic E-state index is 0.178. The van der Waals surface area contributed by atoms with Gasteiger partial charge in [-0.2, -0.15) is 0 Å². The summed E-state index contributed by atoms with van der Waals surface area (Å²) in [4.78, 5) is 12.8. The highest BCUT2D eigenvalue weighted by Gasteiger charge is 2.20. The van der Waals surface area contributed by atoms with Crippen molar-refractivity contribution < 1.29 is 14.2 Å². The topological polar surface area (TPSA) is 92.4 Å². The first-order chi connectivity index (χ1) is 11.7. The van der Waals surface area contributed by atoms with Gasteiger partial charge in [0, 0.05) is 24.2 Å². The summed E-state index contributed by atoms with van der Waals surface area (Å²) in [6, 6.07) is 5.71. The van der Waals surface area contributed by atoms with Gasteiger partial charge in [0.2, 0.25) is 11.7 Å². The second-order valence-electron chi connectivity index (χ2n) is 5.10. The third-order valence-electron chi connectivity index (χ3n) is 3.71. The van der Waals surface area contributed by atoms with Crippen LogP contribution in [0.15, 0.2) is 30.6 Å². The Hall–Kier alpha value is -3.09. The van der Waals surface area contributed by atoms with Crippen LogP contribution in [0.25, 0.3) is 10.9 Å². The fraction of sp³-hybridized carbons (Fsp3) is 0.235. The van der Waals surface area contributed by atoms with E-state index < -0.39 is 0 Å². The lowest BCUT2D eigenvalue weighted by Gasteiger charge is -2.16. The lowest BCUT2D eigenvalue weighted by molar-refractivity contribution is 0.327. The van der Waals surface area contributed by atoms with Crippen LogP contribution < -0.4 is 19.9 Å². The zero-order chi connectivity index (χ0) is 17.1. The molecule has 2 aromatic heterocycles. The molecule has 3 aromatic rings. The molecule has 0 amide bonds. The molecule has 1 aromatic carbocycles. The maximum absolute atomic E-state index is 5.90. The van der Waals surface area contributed by atoms with E-state index in [1.54, 1.807) is 33.7 Å². The summed E-state index contributed by atoms with van der Waals surface area (Å²) in [6.45, 7) is 0. The van der Waals surface area contributed by atoms with Crippen molar-refractivity contribution in [1.29, 1.82) is 0 Å². The van der Waals surface area contributed by atoms with E-state index in [0.29, 0.717) is 29.2 Å². The van der Waals surface area contributed by atoms with Crippen LogP contribution in [-0.4, -0.2) is 36.3 Å². The second kappa shape index (κ2) is 6.57. The minimum Gasteiger partial charge on any atom is -0.493 e. The van der Waals surface area contributed by atoms with Gasteiger partial charge in [-0.05, 0) is 23.8 Å². The predicted molar refractivity (Wildman–Crippen MR) is 90.6 cm³/mol. The zero-order valence-corrected chi connectivity index (χ0v) is 13.7. The lowest BCUT2D eigenvalue weighted by atomic mass is 10.1. The van der Waals surface area contributed by atoms with Crippen LogP contribution in [0.1, 0.15) is 11.3 Å². The molecule has 0 bridgehead atoms. The van der Waals surface area contributed by atoms with Gasteiger partial charge in [-0.25, -0.2) is 9.97 Å². The molecular formula is C17H18N4O3. The first-order valence-corrected chi connectivity index (χ1v) is 7.32. The van der Waals surface area contributed by atoms with E-state index in [-0.39, 0.29) is 5.95 Å². The first-order valence-electron chi connectivity index (χ1n) is 7.32. The van der Waals surface area contributed by atoms with E-state index in [0.717, 1.165) is 16.6 Å². The summed E-state index contributed by atoms with van der Waals surface area (Å²) < 4.78 is 16.3. The highest BCUT2D eigenvalue weighted by molar-refractivity contribution is 5.92. The molecule has 0 saturated carbocycles. The molecule has 7 nitrogen and oxygen atoms in total. The quantitative estimate of drug-likeness (QED) is 0.768. The molecule has 24 heavy (non-hydrogen) atoms. The molecule has 3 rings (SSSR count). The average molecular weight is 326 g/mol. The number of pyridine rings is 1. The Morgan fingerprint density at radius 3 is 2.29 bits per heavy atom. The average Bonchev–Trinajstić information content (AvgIpc) is 2.60. The van der Waals surface area contributed by atoms with Crippen LogP contribution in [-0.2, 0) is 6.42 Å². The van der Waals surface area contributed by atoms with Crippen molar-refractivity contribution in [2.24, 2.45) is 0 Å². The number of methoxy groups -OCH3 is 3. The maximum atomic E-state index is 5.90. The molecule has 0 unspecified atom stereocenters. The van der Waals surface area contributed by atoms with Gasteiger partial charge < -0.3 is 19.9 Å². The van der Waals surface area contributed by atoms with E-state index in [1.165, 1.54) is 0 Å². The Morgan fingerprint density at radius 1 is 0.958 bits per heavy atom. The van der Waals surface area contributed by atoms with Gasteiger partial charge in [0.1, 0.15) is 5.52 Å². The molecule has 124 valence electrons. The number of ether oxygens (including phenoxy) is 3. The number of aromatic nitrogens is 3. The predicted octanol–water partition coefficient (Wildman–Crippen LogP) is 2.22. The largest absolute Gasteiger partial charge is 0.493 e. The fourth-order valence-electron chi connectivity index (χ4n) is 2.64. The molecule has 0 saturated heterocycles. The Kier molecular flexibility index (Phi) is 4.33.